The highest BCUT2D eigenvalue weighted by Gasteiger charge is 2.55. The van der Waals surface area contributed by atoms with Crippen LogP contribution in [0.5, 0.6) is 0 Å². The molecule has 1 aromatic carbocycles. The van der Waals surface area contributed by atoms with Gasteiger partial charge in [0, 0.05) is 33.9 Å². The minimum absolute atomic E-state index is 0.222. The summed E-state index contributed by atoms with van der Waals surface area (Å²) in [7, 11) is -3.26. The molecule has 4 rings (SSSR count). The van der Waals surface area contributed by atoms with Crippen LogP contribution in [0.1, 0.15) is 37.1 Å². The highest BCUT2D eigenvalue weighted by molar-refractivity contribution is 7.91. The monoisotopic (exact) mass is 418 g/mol. The van der Waals surface area contributed by atoms with E-state index in [1.54, 1.807) is 30.3 Å². The molecule has 9 heteroatoms. The Balaban J connectivity index is 1.65. The summed E-state index contributed by atoms with van der Waals surface area (Å²) in [5, 5.41) is 4.50. The van der Waals surface area contributed by atoms with E-state index in [0.717, 1.165) is 5.39 Å². The molecule has 1 aliphatic rings. The van der Waals surface area contributed by atoms with Crippen LogP contribution < -0.4 is 10.9 Å². The number of aromatic nitrogens is 3. The second kappa shape index (κ2) is 6.56. The number of fused-ring (bicyclic) bond motifs is 1. The van der Waals surface area contributed by atoms with Gasteiger partial charge in [0.25, 0.3) is 5.56 Å². The van der Waals surface area contributed by atoms with E-state index in [2.05, 4.69) is 20.3 Å². The third-order valence-electron chi connectivity index (χ3n) is 5.18. The fourth-order valence-electron chi connectivity index (χ4n) is 3.40. The SMILES string of the molecule is CC(Nc1nccc(C2(S(C)(=O)=O)CC2)n1)c1cc2cc(Cl)ccc2[nH]c1=O. The van der Waals surface area contributed by atoms with Crippen LogP contribution in [-0.2, 0) is 14.6 Å². The zero-order valence-electron chi connectivity index (χ0n) is 15.4. The minimum Gasteiger partial charge on any atom is -0.347 e. The quantitative estimate of drug-likeness (QED) is 0.659. The van der Waals surface area contributed by atoms with Crippen LogP contribution in [-0.4, -0.2) is 29.6 Å². The Morgan fingerprint density at radius 1 is 1.25 bits per heavy atom. The molecule has 1 unspecified atom stereocenters. The van der Waals surface area contributed by atoms with Crippen molar-refractivity contribution in [2.45, 2.75) is 30.6 Å². The van der Waals surface area contributed by atoms with Crippen molar-refractivity contribution in [1.29, 1.82) is 0 Å². The van der Waals surface area contributed by atoms with E-state index in [9.17, 15) is 13.2 Å². The maximum absolute atomic E-state index is 12.5. The van der Waals surface area contributed by atoms with Gasteiger partial charge in [0.2, 0.25) is 5.95 Å². The second-order valence-electron chi connectivity index (χ2n) is 7.18. The summed E-state index contributed by atoms with van der Waals surface area (Å²) in [6.07, 6.45) is 3.89. The molecule has 0 amide bonds. The fourth-order valence-corrected chi connectivity index (χ4v) is 4.92. The lowest BCUT2D eigenvalue weighted by Crippen LogP contribution is -2.23. The third-order valence-corrected chi connectivity index (χ3v) is 7.46. The number of anilines is 1. The summed E-state index contributed by atoms with van der Waals surface area (Å²) in [6, 6.07) is 8.28. The average Bonchev–Trinajstić information content (AvgIpc) is 3.43. The maximum atomic E-state index is 12.5. The molecule has 0 aliphatic heterocycles. The molecule has 0 spiro atoms. The molecule has 146 valence electrons. The van der Waals surface area contributed by atoms with Gasteiger partial charge in [-0.3, -0.25) is 4.79 Å². The first kappa shape index (κ1) is 18.9. The molecule has 1 fully saturated rings. The summed E-state index contributed by atoms with van der Waals surface area (Å²) in [5.41, 5.74) is 1.47. The molecule has 28 heavy (non-hydrogen) atoms. The Kier molecular flexibility index (Phi) is 4.43. The van der Waals surface area contributed by atoms with E-state index < -0.39 is 20.6 Å². The Morgan fingerprint density at radius 3 is 2.68 bits per heavy atom. The van der Waals surface area contributed by atoms with Gasteiger partial charge >= 0.3 is 0 Å². The first-order valence-electron chi connectivity index (χ1n) is 8.82. The molecule has 0 saturated heterocycles. The molecule has 2 aromatic heterocycles. The number of H-pyrrole nitrogens is 1. The van der Waals surface area contributed by atoms with Crippen molar-refractivity contribution in [3.8, 4) is 0 Å². The van der Waals surface area contributed by atoms with Crippen molar-refractivity contribution < 1.29 is 8.42 Å². The summed E-state index contributed by atoms with van der Waals surface area (Å²) in [4.78, 5) is 23.9. The van der Waals surface area contributed by atoms with Gasteiger partial charge in [-0.2, -0.15) is 0 Å². The molecule has 7 nitrogen and oxygen atoms in total. The topological polar surface area (TPSA) is 105 Å². The number of aromatic amines is 1. The van der Waals surface area contributed by atoms with Crippen molar-refractivity contribution in [2.24, 2.45) is 0 Å². The fraction of sp³-hybridized carbons (Fsp3) is 0.316. The highest BCUT2D eigenvalue weighted by atomic mass is 35.5. The van der Waals surface area contributed by atoms with Gasteiger partial charge in [0.05, 0.1) is 11.7 Å². The number of rotatable bonds is 5. The van der Waals surface area contributed by atoms with E-state index in [1.165, 1.54) is 12.5 Å². The third kappa shape index (κ3) is 3.27. The number of nitrogens with one attached hydrogen (secondary N) is 2. The van der Waals surface area contributed by atoms with E-state index in [4.69, 9.17) is 11.6 Å². The van der Waals surface area contributed by atoms with Crippen LogP contribution in [0.15, 0.2) is 41.3 Å². The van der Waals surface area contributed by atoms with E-state index in [1.807, 2.05) is 6.92 Å². The van der Waals surface area contributed by atoms with Gasteiger partial charge < -0.3 is 10.3 Å². The summed E-state index contributed by atoms with van der Waals surface area (Å²) in [5.74, 6) is 0.283. The smallest absolute Gasteiger partial charge is 0.253 e. The van der Waals surface area contributed by atoms with Crippen molar-refractivity contribution in [3.05, 3.63) is 63.2 Å². The van der Waals surface area contributed by atoms with Gasteiger partial charge in [-0.05, 0) is 50.1 Å². The van der Waals surface area contributed by atoms with Crippen LogP contribution in [0.25, 0.3) is 10.9 Å². The van der Waals surface area contributed by atoms with Gasteiger partial charge in [0.1, 0.15) is 4.75 Å². The lowest BCUT2D eigenvalue weighted by molar-refractivity contribution is 0.584. The van der Waals surface area contributed by atoms with Gasteiger partial charge in [-0.15, -0.1) is 0 Å². The van der Waals surface area contributed by atoms with Gasteiger partial charge in [-0.1, -0.05) is 11.6 Å². The molecule has 0 bridgehead atoms. The normalized spacial score (nSPS) is 16.7. The lowest BCUT2D eigenvalue weighted by Gasteiger charge is -2.17. The van der Waals surface area contributed by atoms with Crippen LogP contribution in [0.3, 0.4) is 0 Å². The zero-order chi connectivity index (χ0) is 20.1. The molecular formula is C19H19ClN4O3S. The van der Waals surface area contributed by atoms with Crippen molar-refractivity contribution in [2.75, 3.05) is 11.6 Å². The molecule has 3 aromatic rings. The van der Waals surface area contributed by atoms with Crippen LogP contribution in [0.2, 0.25) is 5.02 Å². The minimum atomic E-state index is -3.26. The number of hydrogen-bond donors (Lipinski definition) is 2. The summed E-state index contributed by atoms with van der Waals surface area (Å²) in [6.45, 7) is 1.82. The lowest BCUT2D eigenvalue weighted by atomic mass is 10.1. The van der Waals surface area contributed by atoms with Crippen molar-refractivity contribution in [3.63, 3.8) is 0 Å². The second-order valence-corrected chi connectivity index (χ2v) is 9.95. The van der Waals surface area contributed by atoms with E-state index >= 15 is 0 Å². The van der Waals surface area contributed by atoms with E-state index in [0.29, 0.717) is 34.6 Å². The zero-order valence-corrected chi connectivity index (χ0v) is 16.9. The number of nitrogens with zero attached hydrogens (tertiary/aromatic N) is 2. The average molecular weight is 419 g/mol. The first-order valence-corrected chi connectivity index (χ1v) is 11.1. The van der Waals surface area contributed by atoms with Crippen LogP contribution >= 0.6 is 11.6 Å². The molecule has 2 heterocycles. The maximum Gasteiger partial charge on any atom is 0.253 e. The Hall–Kier alpha value is -2.45. The number of hydrogen-bond acceptors (Lipinski definition) is 6. The largest absolute Gasteiger partial charge is 0.347 e. The number of sulfone groups is 1. The predicted octanol–water partition coefficient (Wildman–Crippen LogP) is 3.18. The van der Waals surface area contributed by atoms with E-state index in [-0.39, 0.29) is 11.5 Å². The Labute approximate surface area is 167 Å². The summed E-state index contributed by atoms with van der Waals surface area (Å²) >= 11 is 6.05. The number of halogens is 1. The first-order chi connectivity index (χ1) is 13.2. The molecule has 1 atom stereocenters. The Morgan fingerprint density at radius 2 is 2.00 bits per heavy atom. The molecule has 0 radical (unpaired) electrons. The van der Waals surface area contributed by atoms with Crippen LogP contribution in [0, 0.1) is 0 Å². The number of pyridine rings is 1. The number of benzene rings is 1. The molecule has 2 N–H and O–H groups in total. The van der Waals surface area contributed by atoms with Crippen molar-refractivity contribution >= 4 is 38.3 Å². The Bertz CT molecular complexity index is 1240. The van der Waals surface area contributed by atoms with Crippen LogP contribution in [0.4, 0.5) is 5.95 Å². The molecule has 1 saturated carbocycles. The van der Waals surface area contributed by atoms with Crippen molar-refractivity contribution in [1.82, 2.24) is 15.0 Å². The predicted molar refractivity (Wildman–Crippen MR) is 109 cm³/mol. The molecule has 1 aliphatic carbocycles. The standard InChI is InChI=1S/C19H19ClN4O3S/c1-11(14-10-12-9-13(20)3-4-15(12)23-17(14)25)22-18-21-8-5-16(24-18)19(6-7-19)28(2,26)27/h3-5,8-11H,6-7H2,1-2H3,(H,23,25)(H,21,22,24). The molecular weight excluding hydrogens is 400 g/mol. The van der Waals surface area contributed by atoms with Gasteiger partial charge in [-0.25, -0.2) is 18.4 Å². The van der Waals surface area contributed by atoms with Gasteiger partial charge in [0.15, 0.2) is 9.84 Å². The highest BCUT2D eigenvalue weighted by Crippen LogP contribution is 2.51. The summed E-state index contributed by atoms with van der Waals surface area (Å²) < 4.78 is 23.4.